The van der Waals surface area contributed by atoms with Gasteiger partial charge in [0.25, 0.3) is 5.91 Å². The molecular formula is C24H24ClFN4O3. The fourth-order valence-electron chi connectivity index (χ4n) is 5.12. The van der Waals surface area contributed by atoms with E-state index in [0.29, 0.717) is 28.7 Å². The first-order valence-corrected chi connectivity index (χ1v) is 11.3. The summed E-state index contributed by atoms with van der Waals surface area (Å²) >= 11 is 6.08. The van der Waals surface area contributed by atoms with E-state index in [1.54, 1.807) is 42.2 Å². The Morgan fingerprint density at radius 2 is 2.09 bits per heavy atom. The van der Waals surface area contributed by atoms with E-state index in [2.05, 4.69) is 10.3 Å². The van der Waals surface area contributed by atoms with Gasteiger partial charge in [-0.05, 0) is 48.9 Å². The van der Waals surface area contributed by atoms with Gasteiger partial charge in [0.1, 0.15) is 23.1 Å². The highest BCUT2D eigenvalue weighted by atomic mass is 35.5. The van der Waals surface area contributed by atoms with Crippen LogP contribution in [-0.4, -0.2) is 57.0 Å². The predicted molar refractivity (Wildman–Crippen MR) is 123 cm³/mol. The van der Waals surface area contributed by atoms with Crippen LogP contribution in [0.1, 0.15) is 36.7 Å². The molecule has 3 heterocycles. The van der Waals surface area contributed by atoms with Gasteiger partial charge < -0.3 is 15.4 Å². The first-order chi connectivity index (χ1) is 15.8. The Kier molecular flexibility index (Phi) is 5.10. The molecule has 3 aromatic rings. The zero-order chi connectivity index (χ0) is 23.5. The molecule has 2 aliphatic rings. The molecule has 0 aliphatic carbocycles. The number of halogens is 2. The summed E-state index contributed by atoms with van der Waals surface area (Å²) in [5.74, 6) is -0.776. The minimum absolute atomic E-state index is 0.00752. The van der Waals surface area contributed by atoms with Gasteiger partial charge in [-0.25, -0.2) is 9.18 Å². The van der Waals surface area contributed by atoms with Gasteiger partial charge in [0.15, 0.2) is 0 Å². The first kappa shape index (κ1) is 21.7. The van der Waals surface area contributed by atoms with Gasteiger partial charge in [-0.2, -0.15) is 0 Å². The number of hydrogen-bond acceptors (Lipinski definition) is 4. The van der Waals surface area contributed by atoms with E-state index in [4.69, 9.17) is 11.6 Å². The van der Waals surface area contributed by atoms with Gasteiger partial charge >= 0.3 is 6.03 Å². The van der Waals surface area contributed by atoms with Crippen molar-refractivity contribution in [2.24, 2.45) is 0 Å². The zero-order valence-electron chi connectivity index (χ0n) is 18.3. The molecule has 2 aliphatic heterocycles. The number of nitrogens with one attached hydrogen (secondary N) is 2. The average Bonchev–Trinajstić information content (AvgIpc) is 3.20. The molecular weight excluding hydrogens is 447 g/mol. The van der Waals surface area contributed by atoms with E-state index in [-0.39, 0.29) is 35.7 Å². The lowest BCUT2D eigenvalue weighted by molar-refractivity contribution is -0.133. The first-order valence-electron chi connectivity index (χ1n) is 10.9. The molecule has 33 heavy (non-hydrogen) atoms. The standard InChI is InChI=1S/C24H24ClFN4O3/c1-3-27-7-8-29-22(32)24(2)12-16-15-10-17(25)18(26)11-19(15)28-20(16)21(30(24)23(29)33)13-5-4-6-14(31)9-13/h4-6,9-11,21,27-28,31H,3,7-8,12H2,1-2H3/t21-,24+/m1/s1. The van der Waals surface area contributed by atoms with Crippen LogP contribution in [0.3, 0.4) is 0 Å². The molecule has 3 amide bonds. The molecule has 2 aromatic carbocycles. The Morgan fingerprint density at radius 3 is 2.82 bits per heavy atom. The molecule has 0 unspecified atom stereocenters. The normalized spacial score (nSPS) is 22.2. The monoisotopic (exact) mass is 470 g/mol. The van der Waals surface area contributed by atoms with Gasteiger partial charge in [0.05, 0.1) is 5.02 Å². The second-order valence-corrected chi connectivity index (χ2v) is 9.15. The van der Waals surface area contributed by atoms with Crippen molar-refractivity contribution in [3.8, 4) is 5.75 Å². The number of phenolic OH excluding ortho intramolecular Hbond substituents is 1. The van der Waals surface area contributed by atoms with E-state index in [1.807, 2.05) is 6.92 Å². The quantitative estimate of drug-likeness (QED) is 0.389. The fourth-order valence-corrected chi connectivity index (χ4v) is 5.28. The van der Waals surface area contributed by atoms with Gasteiger partial charge in [-0.15, -0.1) is 0 Å². The van der Waals surface area contributed by atoms with Crippen molar-refractivity contribution in [2.75, 3.05) is 19.6 Å². The van der Waals surface area contributed by atoms with Crippen LogP contribution in [0.15, 0.2) is 36.4 Å². The number of H-pyrrole nitrogens is 1. The molecule has 5 rings (SSSR count). The number of likely N-dealkylation sites (N-methyl/N-ethyl adjacent to an activating group) is 1. The molecule has 1 aromatic heterocycles. The second-order valence-electron chi connectivity index (χ2n) is 8.74. The predicted octanol–water partition coefficient (Wildman–Crippen LogP) is 3.94. The van der Waals surface area contributed by atoms with Crippen molar-refractivity contribution in [3.05, 3.63) is 64.1 Å². The number of aromatic amines is 1. The molecule has 0 bridgehead atoms. The van der Waals surface area contributed by atoms with Crippen molar-refractivity contribution in [3.63, 3.8) is 0 Å². The van der Waals surface area contributed by atoms with Gasteiger partial charge in [-0.1, -0.05) is 30.7 Å². The van der Waals surface area contributed by atoms with Gasteiger partial charge in [0, 0.05) is 36.1 Å². The summed E-state index contributed by atoms with van der Waals surface area (Å²) in [6.07, 6.45) is 0.266. The smallest absolute Gasteiger partial charge is 0.328 e. The molecule has 3 N–H and O–H groups in total. The Balaban J connectivity index is 1.71. The highest BCUT2D eigenvalue weighted by Gasteiger charge is 2.60. The Morgan fingerprint density at radius 1 is 1.30 bits per heavy atom. The number of carbonyl (C=O) groups excluding carboxylic acids is 2. The van der Waals surface area contributed by atoms with Crippen LogP contribution in [0, 0.1) is 5.82 Å². The zero-order valence-corrected chi connectivity index (χ0v) is 19.0. The number of rotatable bonds is 5. The molecule has 0 radical (unpaired) electrons. The summed E-state index contributed by atoms with van der Waals surface area (Å²) in [6, 6.07) is 8.46. The largest absolute Gasteiger partial charge is 0.508 e. The number of urea groups is 1. The molecule has 172 valence electrons. The highest BCUT2D eigenvalue weighted by molar-refractivity contribution is 6.31. The summed E-state index contributed by atoms with van der Waals surface area (Å²) in [5.41, 5.74) is 1.55. The number of nitrogens with zero attached hydrogens (tertiary/aromatic N) is 2. The lowest BCUT2D eigenvalue weighted by Crippen LogP contribution is -2.53. The third kappa shape index (κ3) is 3.20. The van der Waals surface area contributed by atoms with Gasteiger partial charge in [-0.3, -0.25) is 14.6 Å². The summed E-state index contributed by atoms with van der Waals surface area (Å²) in [4.78, 5) is 33.3. The lowest BCUT2D eigenvalue weighted by Gasteiger charge is -2.42. The van der Waals surface area contributed by atoms with E-state index < -0.39 is 17.4 Å². The Labute approximate surface area is 195 Å². The summed E-state index contributed by atoms with van der Waals surface area (Å²) in [6.45, 7) is 5.22. The number of hydrogen-bond donors (Lipinski definition) is 3. The minimum Gasteiger partial charge on any atom is -0.508 e. The van der Waals surface area contributed by atoms with E-state index in [0.717, 1.165) is 12.1 Å². The van der Waals surface area contributed by atoms with Crippen LogP contribution in [0.5, 0.6) is 5.75 Å². The number of imide groups is 1. The van der Waals surface area contributed by atoms with Crippen molar-refractivity contribution in [1.82, 2.24) is 20.1 Å². The van der Waals surface area contributed by atoms with Crippen LogP contribution in [0.2, 0.25) is 5.02 Å². The Bertz CT molecular complexity index is 1290. The topological polar surface area (TPSA) is 88.7 Å². The number of carbonyl (C=O) groups is 2. The maximum atomic E-state index is 14.2. The molecule has 1 saturated heterocycles. The van der Waals surface area contributed by atoms with Crippen molar-refractivity contribution >= 4 is 34.4 Å². The number of phenols is 1. The van der Waals surface area contributed by atoms with Crippen molar-refractivity contribution < 1.29 is 19.1 Å². The highest BCUT2D eigenvalue weighted by Crippen LogP contribution is 2.49. The van der Waals surface area contributed by atoms with E-state index >= 15 is 0 Å². The van der Waals surface area contributed by atoms with E-state index in [9.17, 15) is 19.1 Å². The van der Waals surface area contributed by atoms with Crippen LogP contribution < -0.4 is 5.32 Å². The molecule has 0 spiro atoms. The Hall–Kier alpha value is -3.10. The SMILES string of the molecule is CCNCCN1C(=O)N2[C@H](c3cccc(O)c3)c3[nH]c4cc(F)c(Cl)cc4c3C[C@@]2(C)C1=O. The van der Waals surface area contributed by atoms with E-state index in [1.165, 1.54) is 11.0 Å². The number of benzene rings is 2. The van der Waals surface area contributed by atoms with Crippen LogP contribution in [-0.2, 0) is 11.2 Å². The average molecular weight is 471 g/mol. The molecule has 0 saturated carbocycles. The second kappa shape index (κ2) is 7.74. The van der Waals surface area contributed by atoms with Crippen LogP contribution in [0.4, 0.5) is 9.18 Å². The molecule has 2 atom stereocenters. The van der Waals surface area contributed by atoms with Crippen molar-refractivity contribution in [1.29, 1.82) is 0 Å². The summed E-state index contributed by atoms with van der Waals surface area (Å²) in [7, 11) is 0. The number of aromatic hydroxyl groups is 1. The third-order valence-electron chi connectivity index (χ3n) is 6.66. The summed E-state index contributed by atoms with van der Waals surface area (Å²) in [5, 5.41) is 14.0. The number of aromatic nitrogens is 1. The third-order valence-corrected chi connectivity index (χ3v) is 6.95. The molecule has 7 nitrogen and oxygen atoms in total. The maximum absolute atomic E-state index is 14.2. The minimum atomic E-state index is -1.14. The number of fused-ring (bicyclic) bond motifs is 4. The lowest BCUT2D eigenvalue weighted by atomic mass is 9.81. The summed E-state index contributed by atoms with van der Waals surface area (Å²) < 4.78 is 14.2. The number of amides is 3. The maximum Gasteiger partial charge on any atom is 0.328 e. The fraction of sp³-hybridized carbons (Fsp3) is 0.333. The molecule has 9 heteroatoms. The van der Waals surface area contributed by atoms with Crippen LogP contribution >= 0.6 is 11.6 Å². The van der Waals surface area contributed by atoms with Crippen molar-refractivity contribution in [2.45, 2.75) is 31.8 Å². The van der Waals surface area contributed by atoms with Gasteiger partial charge in [0.2, 0.25) is 0 Å². The van der Waals surface area contributed by atoms with Crippen LogP contribution in [0.25, 0.3) is 10.9 Å². The molecule has 1 fully saturated rings.